The molecule has 2 aliphatic rings. The normalized spacial score (nSPS) is 13.5. The number of ether oxygens (including phenoxy) is 2. The SMILES string of the molecule is CC(C)c1cc2c3c(c1)Oc1ccccc1B3c1ccccc1O2. The van der Waals surface area contributed by atoms with Crippen molar-refractivity contribution in [3.05, 3.63) is 66.2 Å². The summed E-state index contributed by atoms with van der Waals surface area (Å²) in [7, 11) is 0. The number of hydrogen-bond acceptors (Lipinski definition) is 2. The van der Waals surface area contributed by atoms with Crippen LogP contribution in [0.1, 0.15) is 25.3 Å². The van der Waals surface area contributed by atoms with Crippen molar-refractivity contribution < 1.29 is 9.47 Å². The molecule has 0 saturated carbocycles. The van der Waals surface area contributed by atoms with Crippen LogP contribution >= 0.6 is 0 Å². The molecule has 24 heavy (non-hydrogen) atoms. The van der Waals surface area contributed by atoms with Crippen LogP contribution in [-0.4, -0.2) is 6.71 Å². The average molecular weight is 312 g/mol. The van der Waals surface area contributed by atoms with E-state index in [2.05, 4.69) is 62.4 Å². The lowest BCUT2D eigenvalue weighted by molar-refractivity contribution is 0.462. The maximum absolute atomic E-state index is 6.25. The van der Waals surface area contributed by atoms with Crippen LogP contribution in [0.2, 0.25) is 0 Å². The lowest BCUT2D eigenvalue weighted by Crippen LogP contribution is -2.57. The van der Waals surface area contributed by atoms with Crippen LogP contribution in [-0.2, 0) is 0 Å². The van der Waals surface area contributed by atoms with E-state index < -0.39 is 0 Å². The van der Waals surface area contributed by atoms with Gasteiger partial charge in [-0.25, -0.2) is 0 Å². The van der Waals surface area contributed by atoms with Gasteiger partial charge < -0.3 is 9.47 Å². The van der Waals surface area contributed by atoms with Crippen molar-refractivity contribution in [1.82, 2.24) is 0 Å². The minimum absolute atomic E-state index is 0.172. The van der Waals surface area contributed by atoms with E-state index in [0.717, 1.165) is 28.5 Å². The fourth-order valence-corrected chi connectivity index (χ4v) is 3.75. The topological polar surface area (TPSA) is 18.5 Å². The summed E-state index contributed by atoms with van der Waals surface area (Å²) >= 11 is 0. The van der Waals surface area contributed by atoms with Crippen molar-refractivity contribution in [2.45, 2.75) is 19.8 Å². The van der Waals surface area contributed by atoms with E-state index in [4.69, 9.17) is 9.47 Å². The second-order valence-corrected chi connectivity index (χ2v) is 6.80. The molecule has 2 aliphatic heterocycles. The van der Waals surface area contributed by atoms with Crippen molar-refractivity contribution in [3.8, 4) is 23.0 Å². The standard InChI is InChI=1S/C21H17BO2/c1-13(2)14-11-19-21-20(12-14)24-18-10-6-4-8-16(18)22(21)15-7-3-5-9-17(15)23-19/h3-13H,1-2H3. The Morgan fingerprint density at radius 1 is 0.708 bits per heavy atom. The van der Waals surface area contributed by atoms with E-state index in [1.54, 1.807) is 0 Å². The second-order valence-electron chi connectivity index (χ2n) is 6.80. The first-order chi connectivity index (χ1) is 11.7. The highest BCUT2D eigenvalue weighted by Crippen LogP contribution is 2.36. The summed E-state index contributed by atoms with van der Waals surface area (Å²) < 4.78 is 12.5. The van der Waals surface area contributed by atoms with Gasteiger partial charge in [-0.05, 0) is 46.7 Å². The van der Waals surface area contributed by atoms with Crippen molar-refractivity contribution in [2.24, 2.45) is 0 Å². The van der Waals surface area contributed by atoms with Crippen molar-refractivity contribution in [3.63, 3.8) is 0 Å². The van der Waals surface area contributed by atoms with Gasteiger partial charge in [-0.3, -0.25) is 0 Å². The molecule has 0 spiro atoms. The highest BCUT2D eigenvalue weighted by atomic mass is 16.5. The van der Waals surface area contributed by atoms with E-state index >= 15 is 0 Å². The third kappa shape index (κ3) is 1.84. The molecule has 0 bridgehead atoms. The lowest BCUT2D eigenvalue weighted by Gasteiger charge is -2.33. The minimum atomic E-state index is 0.172. The van der Waals surface area contributed by atoms with Gasteiger partial charge >= 0.3 is 0 Å². The quantitative estimate of drug-likeness (QED) is 0.441. The van der Waals surface area contributed by atoms with Crippen LogP contribution in [0.25, 0.3) is 0 Å². The molecule has 2 nitrogen and oxygen atoms in total. The first-order valence-electron chi connectivity index (χ1n) is 8.44. The number of hydrogen-bond donors (Lipinski definition) is 0. The fourth-order valence-electron chi connectivity index (χ4n) is 3.75. The fraction of sp³-hybridized carbons (Fsp3) is 0.143. The molecule has 3 heteroatoms. The van der Waals surface area contributed by atoms with Gasteiger partial charge in [-0.1, -0.05) is 50.2 Å². The molecule has 0 fully saturated rings. The Balaban J connectivity index is 1.83. The summed E-state index contributed by atoms with van der Waals surface area (Å²) in [4.78, 5) is 0. The smallest absolute Gasteiger partial charge is 0.260 e. The molecular formula is C21H17BO2. The van der Waals surface area contributed by atoms with Crippen LogP contribution in [0, 0.1) is 0 Å². The summed E-state index contributed by atoms with van der Waals surface area (Å²) in [6.45, 7) is 4.56. The van der Waals surface area contributed by atoms with Crippen molar-refractivity contribution in [1.29, 1.82) is 0 Å². The number of rotatable bonds is 1. The van der Waals surface area contributed by atoms with Crippen LogP contribution < -0.4 is 25.9 Å². The van der Waals surface area contributed by atoms with Crippen LogP contribution in [0.5, 0.6) is 23.0 Å². The van der Waals surface area contributed by atoms with Gasteiger partial charge in [0.1, 0.15) is 23.0 Å². The zero-order valence-corrected chi connectivity index (χ0v) is 13.7. The molecule has 0 aliphatic carbocycles. The Hall–Kier alpha value is -2.68. The highest BCUT2D eigenvalue weighted by molar-refractivity contribution is 6.98. The van der Waals surface area contributed by atoms with Crippen LogP contribution in [0.4, 0.5) is 0 Å². The monoisotopic (exact) mass is 312 g/mol. The number of para-hydroxylation sites is 2. The van der Waals surface area contributed by atoms with E-state index in [-0.39, 0.29) is 6.71 Å². The van der Waals surface area contributed by atoms with Crippen molar-refractivity contribution in [2.75, 3.05) is 0 Å². The summed E-state index contributed by atoms with van der Waals surface area (Å²) in [5, 5.41) is 0. The van der Waals surface area contributed by atoms with E-state index in [9.17, 15) is 0 Å². The molecule has 0 saturated heterocycles. The second kappa shape index (κ2) is 4.91. The summed E-state index contributed by atoms with van der Waals surface area (Å²) in [6.07, 6.45) is 0. The largest absolute Gasteiger partial charge is 0.458 e. The predicted octanol–water partition coefficient (Wildman–Crippen LogP) is 3.54. The average Bonchev–Trinajstić information content (AvgIpc) is 2.61. The Bertz CT molecular complexity index is 891. The van der Waals surface area contributed by atoms with Crippen molar-refractivity contribution >= 4 is 23.1 Å². The van der Waals surface area contributed by atoms with Crippen LogP contribution in [0.15, 0.2) is 60.7 Å². The van der Waals surface area contributed by atoms with Gasteiger partial charge in [0, 0.05) is 5.46 Å². The molecule has 0 N–H and O–H groups in total. The Morgan fingerprint density at radius 3 is 1.71 bits per heavy atom. The molecule has 2 heterocycles. The van der Waals surface area contributed by atoms with Gasteiger partial charge in [-0.2, -0.15) is 0 Å². The van der Waals surface area contributed by atoms with Gasteiger partial charge in [-0.15, -0.1) is 0 Å². The van der Waals surface area contributed by atoms with E-state index in [1.165, 1.54) is 16.5 Å². The maximum atomic E-state index is 6.25. The molecule has 3 aromatic carbocycles. The lowest BCUT2D eigenvalue weighted by atomic mass is 9.35. The first-order valence-corrected chi connectivity index (χ1v) is 8.44. The predicted molar refractivity (Wildman–Crippen MR) is 98.2 cm³/mol. The molecule has 0 aromatic heterocycles. The van der Waals surface area contributed by atoms with Gasteiger partial charge in [0.15, 0.2) is 0 Å². The minimum Gasteiger partial charge on any atom is -0.458 e. The summed E-state index contributed by atoms with van der Waals surface area (Å²) in [5.74, 6) is 4.16. The summed E-state index contributed by atoms with van der Waals surface area (Å²) in [5.41, 5.74) is 4.80. The first kappa shape index (κ1) is 13.7. The summed E-state index contributed by atoms with van der Waals surface area (Å²) in [6, 6.07) is 21.0. The third-order valence-corrected chi connectivity index (χ3v) is 4.98. The zero-order chi connectivity index (χ0) is 16.3. The maximum Gasteiger partial charge on any atom is 0.260 e. The molecule has 0 unspecified atom stereocenters. The van der Waals surface area contributed by atoms with Crippen LogP contribution in [0.3, 0.4) is 0 Å². The number of benzene rings is 3. The van der Waals surface area contributed by atoms with Gasteiger partial charge in [0.05, 0.1) is 0 Å². The molecule has 116 valence electrons. The Kier molecular flexibility index (Phi) is 2.81. The molecular weight excluding hydrogens is 295 g/mol. The molecule has 0 radical (unpaired) electrons. The van der Waals surface area contributed by atoms with Gasteiger partial charge in [0.25, 0.3) is 6.71 Å². The molecule has 0 atom stereocenters. The van der Waals surface area contributed by atoms with E-state index in [0.29, 0.717) is 5.92 Å². The number of fused-ring (bicyclic) bond motifs is 4. The Morgan fingerprint density at radius 2 is 1.21 bits per heavy atom. The third-order valence-electron chi connectivity index (χ3n) is 4.98. The molecule has 0 amide bonds. The highest BCUT2D eigenvalue weighted by Gasteiger charge is 2.39. The zero-order valence-electron chi connectivity index (χ0n) is 13.7. The van der Waals surface area contributed by atoms with Gasteiger partial charge in [0.2, 0.25) is 0 Å². The Labute approximate surface area is 142 Å². The van der Waals surface area contributed by atoms with E-state index in [1.807, 2.05) is 12.1 Å². The molecule has 5 rings (SSSR count). The molecule has 3 aromatic rings.